The number of anilines is 2. The van der Waals surface area contributed by atoms with Crippen molar-refractivity contribution in [3.8, 4) is 11.8 Å². The van der Waals surface area contributed by atoms with Crippen molar-refractivity contribution < 1.29 is 23.5 Å². The Labute approximate surface area is 198 Å². The minimum absolute atomic E-state index is 0.0206. The zero-order chi connectivity index (χ0) is 25.2. The number of rotatable bonds is 4. The number of ether oxygens (including phenoxy) is 2. The molecule has 0 atom stereocenters. The molecule has 0 aliphatic carbocycles. The van der Waals surface area contributed by atoms with Gasteiger partial charge in [0.25, 0.3) is 0 Å². The Morgan fingerprint density at radius 3 is 2.44 bits per heavy atom. The molecule has 1 amide bonds. The van der Waals surface area contributed by atoms with E-state index in [1.54, 1.807) is 17.0 Å². The molecule has 1 aromatic heterocycles. The van der Waals surface area contributed by atoms with Gasteiger partial charge in [0.05, 0.1) is 24.0 Å². The summed E-state index contributed by atoms with van der Waals surface area (Å²) in [6, 6.07) is 6.52. The van der Waals surface area contributed by atoms with Crippen LogP contribution in [0.3, 0.4) is 0 Å². The van der Waals surface area contributed by atoms with Gasteiger partial charge in [-0.2, -0.15) is 5.26 Å². The molecule has 0 saturated carbocycles. The SMILES string of the molecule is COC(=O)c1c(N)c(C#N)cn1-c1ccc(N(C)C2CCN(C(=O)OC(C)(C)C)CC2)c(F)c1. The Kier molecular flexibility index (Phi) is 7.05. The van der Waals surface area contributed by atoms with Crippen molar-refractivity contribution in [2.75, 3.05) is 37.9 Å². The Bertz CT molecular complexity index is 1120. The maximum atomic E-state index is 15.2. The fourth-order valence-electron chi connectivity index (χ4n) is 4.01. The molecule has 0 spiro atoms. The van der Waals surface area contributed by atoms with E-state index in [1.807, 2.05) is 38.8 Å². The maximum absolute atomic E-state index is 15.2. The number of nitriles is 1. The summed E-state index contributed by atoms with van der Waals surface area (Å²) < 4.78 is 26.7. The van der Waals surface area contributed by atoms with E-state index in [-0.39, 0.29) is 29.1 Å². The number of piperidine rings is 1. The minimum atomic E-state index is -0.725. The Hall–Kier alpha value is -3.74. The fourth-order valence-corrected chi connectivity index (χ4v) is 4.01. The first-order valence-electron chi connectivity index (χ1n) is 11.0. The highest BCUT2D eigenvalue weighted by molar-refractivity contribution is 5.96. The summed E-state index contributed by atoms with van der Waals surface area (Å²) >= 11 is 0. The van der Waals surface area contributed by atoms with Gasteiger partial charge in [0.15, 0.2) is 5.69 Å². The predicted octanol–water partition coefficient (Wildman–Crippen LogP) is 3.69. The molecule has 1 aliphatic rings. The van der Waals surface area contributed by atoms with Gasteiger partial charge in [-0.15, -0.1) is 0 Å². The molecule has 2 aromatic rings. The number of amides is 1. The Morgan fingerprint density at radius 1 is 1.26 bits per heavy atom. The van der Waals surface area contributed by atoms with Crippen molar-refractivity contribution in [2.45, 2.75) is 45.3 Å². The van der Waals surface area contributed by atoms with Crippen molar-refractivity contribution in [3.05, 3.63) is 41.5 Å². The maximum Gasteiger partial charge on any atom is 0.410 e. The summed E-state index contributed by atoms with van der Waals surface area (Å²) in [6.45, 7) is 6.52. The van der Waals surface area contributed by atoms with Gasteiger partial charge in [-0.3, -0.25) is 0 Å². The van der Waals surface area contributed by atoms with Crippen molar-refractivity contribution in [1.29, 1.82) is 5.26 Å². The zero-order valence-corrected chi connectivity index (χ0v) is 20.1. The molecule has 182 valence electrons. The average Bonchev–Trinajstić information content (AvgIpc) is 3.13. The number of nitrogens with two attached hydrogens (primary N) is 1. The van der Waals surface area contributed by atoms with Gasteiger partial charge in [-0.05, 0) is 45.7 Å². The number of nitrogen functional groups attached to an aromatic ring is 1. The predicted molar refractivity (Wildman–Crippen MR) is 125 cm³/mol. The van der Waals surface area contributed by atoms with Gasteiger partial charge in [0.1, 0.15) is 17.5 Å². The van der Waals surface area contributed by atoms with Crippen LogP contribution in [0, 0.1) is 17.1 Å². The van der Waals surface area contributed by atoms with Gasteiger partial charge >= 0.3 is 12.1 Å². The third-order valence-electron chi connectivity index (χ3n) is 5.80. The highest BCUT2D eigenvalue weighted by Gasteiger charge is 2.29. The van der Waals surface area contributed by atoms with Crippen molar-refractivity contribution in [2.24, 2.45) is 0 Å². The van der Waals surface area contributed by atoms with Crippen LogP contribution in [0.2, 0.25) is 0 Å². The number of methoxy groups -OCH3 is 1. The number of hydrogen-bond acceptors (Lipinski definition) is 7. The van der Waals surface area contributed by atoms with E-state index in [2.05, 4.69) is 0 Å². The second-order valence-corrected chi connectivity index (χ2v) is 9.22. The van der Waals surface area contributed by atoms with Crippen molar-refractivity contribution in [3.63, 3.8) is 0 Å². The third-order valence-corrected chi connectivity index (χ3v) is 5.80. The average molecular weight is 472 g/mol. The van der Waals surface area contributed by atoms with E-state index in [0.29, 0.717) is 37.3 Å². The molecule has 10 heteroatoms. The lowest BCUT2D eigenvalue weighted by molar-refractivity contribution is 0.0205. The second-order valence-electron chi connectivity index (χ2n) is 9.22. The second kappa shape index (κ2) is 9.63. The first kappa shape index (κ1) is 24.9. The molecule has 34 heavy (non-hydrogen) atoms. The summed E-state index contributed by atoms with van der Waals surface area (Å²) in [6.07, 6.45) is 2.38. The molecule has 9 nitrogen and oxygen atoms in total. The number of hydrogen-bond donors (Lipinski definition) is 1. The zero-order valence-electron chi connectivity index (χ0n) is 20.1. The lowest BCUT2D eigenvalue weighted by Crippen LogP contribution is -2.47. The van der Waals surface area contributed by atoms with Gasteiger partial charge in [0.2, 0.25) is 0 Å². The molecule has 2 heterocycles. The topological polar surface area (TPSA) is 114 Å². The van der Waals surface area contributed by atoms with Crippen LogP contribution >= 0.6 is 0 Å². The number of carbonyl (C=O) groups is 2. The number of halogens is 1. The van der Waals surface area contributed by atoms with Crippen molar-refractivity contribution in [1.82, 2.24) is 9.47 Å². The Morgan fingerprint density at radius 2 is 1.91 bits per heavy atom. The summed E-state index contributed by atoms with van der Waals surface area (Å²) in [5.74, 6) is -1.21. The van der Waals surface area contributed by atoms with Crippen molar-refractivity contribution >= 4 is 23.4 Å². The number of nitrogens with zero attached hydrogens (tertiary/aromatic N) is 4. The van der Waals surface area contributed by atoms with Crippen LogP contribution in [0.1, 0.15) is 49.7 Å². The van der Waals surface area contributed by atoms with Crippen LogP contribution < -0.4 is 10.6 Å². The lowest BCUT2D eigenvalue weighted by atomic mass is 10.0. The molecule has 1 fully saturated rings. The molecule has 1 saturated heterocycles. The molecule has 1 aliphatic heterocycles. The van der Waals surface area contributed by atoms with Gasteiger partial charge in [0, 0.05) is 44.1 Å². The van der Waals surface area contributed by atoms with E-state index < -0.39 is 17.4 Å². The molecular weight excluding hydrogens is 441 g/mol. The first-order valence-corrected chi connectivity index (χ1v) is 11.0. The Balaban J connectivity index is 1.77. The molecule has 0 bridgehead atoms. The minimum Gasteiger partial charge on any atom is -0.464 e. The lowest BCUT2D eigenvalue weighted by Gasteiger charge is -2.38. The van der Waals surface area contributed by atoms with Gasteiger partial charge in [-0.25, -0.2) is 14.0 Å². The monoisotopic (exact) mass is 471 g/mol. The molecule has 0 radical (unpaired) electrons. The first-order chi connectivity index (χ1) is 16.0. The molecular formula is C24H30FN5O4. The normalized spacial score (nSPS) is 14.4. The third kappa shape index (κ3) is 5.09. The van der Waals surface area contributed by atoms with Crippen LogP contribution in [-0.2, 0) is 9.47 Å². The highest BCUT2D eigenvalue weighted by atomic mass is 19.1. The smallest absolute Gasteiger partial charge is 0.410 e. The number of aromatic nitrogens is 1. The number of carbonyl (C=O) groups excluding carboxylic acids is 2. The molecule has 3 rings (SSSR count). The van der Waals surface area contributed by atoms with Gasteiger partial charge < -0.3 is 29.6 Å². The number of esters is 1. The van der Waals surface area contributed by atoms with Crippen LogP contribution in [-0.4, -0.2) is 60.4 Å². The van der Waals surface area contributed by atoms with E-state index in [0.717, 1.165) is 0 Å². The van der Waals surface area contributed by atoms with Crippen LogP contribution in [0.5, 0.6) is 0 Å². The summed E-state index contributed by atoms with van der Waals surface area (Å²) in [7, 11) is 3.02. The van der Waals surface area contributed by atoms with Crippen LogP contribution in [0.4, 0.5) is 20.6 Å². The number of likely N-dealkylation sites (tertiary alicyclic amines) is 1. The standard InChI is InChI=1S/C24H30FN5O4/c1-24(2,3)34-23(32)29-10-8-16(9-11-29)28(4)19-7-6-17(12-18(19)25)30-14-15(13-26)20(27)21(30)22(31)33-5/h6-7,12,14,16H,8-11,27H2,1-5H3. The van der Waals surface area contributed by atoms with Crippen LogP contribution in [0.15, 0.2) is 24.4 Å². The van der Waals surface area contributed by atoms with E-state index in [9.17, 15) is 14.9 Å². The molecule has 1 aromatic carbocycles. The van der Waals surface area contributed by atoms with E-state index in [1.165, 1.54) is 23.9 Å². The highest BCUT2D eigenvalue weighted by Crippen LogP contribution is 2.30. The molecule has 2 N–H and O–H groups in total. The fraction of sp³-hybridized carbons (Fsp3) is 0.458. The van der Waals surface area contributed by atoms with E-state index in [4.69, 9.17) is 15.2 Å². The largest absolute Gasteiger partial charge is 0.464 e. The summed E-state index contributed by atoms with van der Waals surface area (Å²) in [5, 5.41) is 9.27. The summed E-state index contributed by atoms with van der Waals surface area (Å²) in [5.41, 5.74) is 6.14. The number of benzene rings is 1. The summed E-state index contributed by atoms with van der Waals surface area (Å²) in [4.78, 5) is 28.0. The van der Waals surface area contributed by atoms with Gasteiger partial charge in [-0.1, -0.05) is 0 Å². The van der Waals surface area contributed by atoms with E-state index >= 15 is 4.39 Å². The molecule has 0 unspecified atom stereocenters. The van der Waals surface area contributed by atoms with Crippen LogP contribution in [0.25, 0.3) is 5.69 Å². The quantitative estimate of drug-likeness (QED) is 0.677.